The molecule has 1 saturated heterocycles. The van der Waals surface area contributed by atoms with Gasteiger partial charge in [0.15, 0.2) is 0 Å². The number of nitrogens with zero attached hydrogens (tertiary/aromatic N) is 3. The number of pyridine rings is 1. The van der Waals surface area contributed by atoms with Gasteiger partial charge in [-0.25, -0.2) is 4.98 Å². The summed E-state index contributed by atoms with van der Waals surface area (Å²) in [5, 5.41) is 12.1. The van der Waals surface area contributed by atoms with Gasteiger partial charge in [0.2, 0.25) is 0 Å². The van der Waals surface area contributed by atoms with E-state index in [0.29, 0.717) is 32.6 Å². The molecule has 5 nitrogen and oxygen atoms in total. The van der Waals surface area contributed by atoms with E-state index in [1.807, 2.05) is 24.4 Å². The molecule has 0 unspecified atom stereocenters. The lowest BCUT2D eigenvalue weighted by molar-refractivity contribution is -0.0725. The van der Waals surface area contributed by atoms with Gasteiger partial charge in [-0.2, -0.15) is 0 Å². The highest BCUT2D eigenvalue weighted by atomic mass is 16.5. The molecule has 0 aliphatic carbocycles. The van der Waals surface area contributed by atoms with Crippen LogP contribution in [-0.4, -0.2) is 38.5 Å². The number of fused-ring (bicyclic) bond motifs is 3. The molecule has 3 aromatic rings. The molecule has 1 aromatic carbocycles. The topological polar surface area (TPSA) is 60.2 Å². The Morgan fingerprint density at radius 1 is 1.21 bits per heavy atom. The second-order valence-electron chi connectivity index (χ2n) is 6.71. The monoisotopic (exact) mass is 325 g/mol. The highest BCUT2D eigenvalue weighted by molar-refractivity contribution is 6.02. The molecule has 0 amide bonds. The average molecular weight is 325 g/mol. The summed E-state index contributed by atoms with van der Waals surface area (Å²) in [5.74, 6) is 1.03. The first-order chi connectivity index (χ1) is 11.7. The maximum Gasteiger partial charge on any atom is 0.110 e. The van der Waals surface area contributed by atoms with Crippen molar-refractivity contribution in [3.05, 3.63) is 36.3 Å². The van der Waals surface area contributed by atoms with Crippen LogP contribution >= 0.6 is 0 Å². The van der Waals surface area contributed by atoms with E-state index in [1.54, 1.807) is 0 Å². The van der Waals surface area contributed by atoms with Crippen molar-refractivity contribution in [2.45, 2.75) is 44.8 Å². The van der Waals surface area contributed by atoms with Crippen molar-refractivity contribution in [1.29, 1.82) is 0 Å². The van der Waals surface area contributed by atoms with E-state index in [4.69, 9.17) is 9.72 Å². The van der Waals surface area contributed by atoms with E-state index in [0.717, 1.165) is 40.6 Å². The van der Waals surface area contributed by atoms with Crippen molar-refractivity contribution in [2.24, 2.45) is 0 Å². The molecule has 2 aromatic heterocycles. The lowest BCUT2D eigenvalue weighted by atomic mass is 9.94. The van der Waals surface area contributed by atoms with Crippen LogP contribution in [-0.2, 0) is 17.7 Å². The van der Waals surface area contributed by atoms with Gasteiger partial charge in [0.25, 0.3) is 0 Å². The lowest BCUT2D eigenvalue weighted by Crippen LogP contribution is -2.40. The molecule has 0 bridgehead atoms. The van der Waals surface area contributed by atoms with Gasteiger partial charge >= 0.3 is 0 Å². The summed E-state index contributed by atoms with van der Waals surface area (Å²) in [4.78, 5) is 9.34. The van der Waals surface area contributed by atoms with Crippen LogP contribution in [0.4, 0.5) is 0 Å². The molecule has 1 aliphatic rings. The van der Waals surface area contributed by atoms with Gasteiger partial charge in [0, 0.05) is 37.9 Å². The van der Waals surface area contributed by atoms with Gasteiger partial charge in [-0.1, -0.05) is 25.1 Å². The molecule has 1 aliphatic heterocycles. The fourth-order valence-electron chi connectivity index (χ4n) is 3.60. The Morgan fingerprint density at radius 2 is 2.00 bits per heavy atom. The number of benzene rings is 1. The summed E-state index contributed by atoms with van der Waals surface area (Å²) < 4.78 is 7.64. The van der Waals surface area contributed by atoms with Crippen LogP contribution in [0.25, 0.3) is 21.9 Å². The third-order valence-electron chi connectivity index (χ3n) is 4.91. The van der Waals surface area contributed by atoms with E-state index >= 15 is 0 Å². The minimum Gasteiger partial charge on any atom is -0.388 e. The Kier molecular flexibility index (Phi) is 3.98. The fraction of sp³-hybridized carbons (Fsp3) is 0.474. The number of aromatic nitrogens is 3. The standard InChI is InChI=1S/C19H23N3O2/c1-2-5-17-21-16-12-20-15-7-4-3-6-14(15)18(16)22(17)13-19(23)8-10-24-11-9-19/h3-4,6-7,12,23H,2,5,8-11,13H2,1H3. The molecule has 5 heteroatoms. The summed E-state index contributed by atoms with van der Waals surface area (Å²) in [7, 11) is 0. The van der Waals surface area contributed by atoms with E-state index in [9.17, 15) is 5.11 Å². The number of aryl methyl sites for hydroxylation is 1. The zero-order valence-corrected chi connectivity index (χ0v) is 14.0. The minimum absolute atomic E-state index is 0.566. The Bertz CT molecular complexity index is 866. The van der Waals surface area contributed by atoms with E-state index in [1.165, 1.54) is 0 Å². The molecule has 1 fully saturated rings. The van der Waals surface area contributed by atoms with Crippen LogP contribution in [0.15, 0.2) is 30.5 Å². The molecule has 0 atom stereocenters. The summed E-state index contributed by atoms with van der Waals surface area (Å²) in [6, 6.07) is 8.14. The molecular formula is C19H23N3O2. The van der Waals surface area contributed by atoms with Crippen molar-refractivity contribution < 1.29 is 9.84 Å². The highest BCUT2D eigenvalue weighted by Crippen LogP contribution is 2.29. The molecule has 24 heavy (non-hydrogen) atoms. The second kappa shape index (κ2) is 6.15. The maximum atomic E-state index is 11.0. The molecule has 4 rings (SSSR count). The van der Waals surface area contributed by atoms with Crippen LogP contribution in [0.1, 0.15) is 32.0 Å². The molecule has 0 radical (unpaired) electrons. The largest absolute Gasteiger partial charge is 0.388 e. The van der Waals surface area contributed by atoms with Gasteiger partial charge < -0.3 is 14.4 Å². The zero-order chi connectivity index (χ0) is 16.6. The van der Waals surface area contributed by atoms with Crippen molar-refractivity contribution in [3.63, 3.8) is 0 Å². The predicted octanol–water partition coefficient (Wildman–Crippen LogP) is 3.08. The summed E-state index contributed by atoms with van der Waals surface area (Å²) in [6.07, 6.45) is 5.11. The molecule has 126 valence electrons. The van der Waals surface area contributed by atoms with Crippen LogP contribution in [0.2, 0.25) is 0 Å². The minimum atomic E-state index is -0.723. The number of rotatable bonds is 4. The van der Waals surface area contributed by atoms with Crippen LogP contribution in [0.5, 0.6) is 0 Å². The van der Waals surface area contributed by atoms with Crippen LogP contribution < -0.4 is 0 Å². The van der Waals surface area contributed by atoms with E-state index < -0.39 is 5.60 Å². The normalized spacial score (nSPS) is 17.6. The Balaban J connectivity index is 1.90. The maximum absolute atomic E-state index is 11.0. The number of ether oxygens (including phenoxy) is 1. The fourth-order valence-corrected chi connectivity index (χ4v) is 3.60. The highest BCUT2D eigenvalue weighted by Gasteiger charge is 2.32. The Labute approximate surface area is 141 Å². The molecular weight excluding hydrogens is 302 g/mol. The smallest absolute Gasteiger partial charge is 0.110 e. The molecule has 1 N–H and O–H groups in total. The first kappa shape index (κ1) is 15.5. The number of hydrogen-bond donors (Lipinski definition) is 1. The van der Waals surface area contributed by atoms with Crippen LogP contribution in [0, 0.1) is 0 Å². The molecule has 0 spiro atoms. The third kappa shape index (κ3) is 2.68. The zero-order valence-electron chi connectivity index (χ0n) is 14.0. The van der Waals surface area contributed by atoms with Crippen LogP contribution in [0.3, 0.4) is 0 Å². The van der Waals surface area contributed by atoms with E-state index in [-0.39, 0.29) is 0 Å². The van der Waals surface area contributed by atoms with Crippen molar-refractivity contribution in [2.75, 3.05) is 13.2 Å². The van der Waals surface area contributed by atoms with Gasteiger partial charge in [0.05, 0.1) is 29.4 Å². The lowest BCUT2D eigenvalue weighted by Gasteiger charge is -2.33. The number of hydrogen-bond acceptors (Lipinski definition) is 4. The number of imidazole rings is 1. The molecule has 0 saturated carbocycles. The first-order valence-electron chi connectivity index (χ1n) is 8.73. The molecule has 3 heterocycles. The van der Waals surface area contributed by atoms with Gasteiger partial charge in [0.1, 0.15) is 11.3 Å². The van der Waals surface area contributed by atoms with Crippen molar-refractivity contribution >= 4 is 21.9 Å². The van der Waals surface area contributed by atoms with E-state index in [2.05, 4.69) is 22.5 Å². The summed E-state index contributed by atoms with van der Waals surface area (Å²) in [6.45, 7) is 3.96. The van der Waals surface area contributed by atoms with Crippen molar-refractivity contribution in [3.8, 4) is 0 Å². The summed E-state index contributed by atoms with van der Waals surface area (Å²) in [5.41, 5.74) is 2.24. The van der Waals surface area contributed by atoms with Gasteiger partial charge in [-0.15, -0.1) is 0 Å². The van der Waals surface area contributed by atoms with Gasteiger partial charge in [-0.05, 0) is 12.5 Å². The van der Waals surface area contributed by atoms with Crippen molar-refractivity contribution in [1.82, 2.24) is 14.5 Å². The Morgan fingerprint density at radius 3 is 2.79 bits per heavy atom. The van der Waals surface area contributed by atoms with Gasteiger partial charge in [-0.3, -0.25) is 4.98 Å². The predicted molar refractivity (Wildman–Crippen MR) is 94.0 cm³/mol. The SMILES string of the molecule is CCCc1nc2cnc3ccccc3c2n1CC1(O)CCOCC1. The second-order valence-corrected chi connectivity index (χ2v) is 6.71. The first-order valence-corrected chi connectivity index (χ1v) is 8.73. The Hall–Kier alpha value is -1.98. The number of aliphatic hydroxyl groups is 1. The average Bonchev–Trinajstić information content (AvgIpc) is 2.93. The third-order valence-corrected chi connectivity index (χ3v) is 4.91. The quantitative estimate of drug-likeness (QED) is 0.801. The number of para-hydroxylation sites is 1. The summed E-state index contributed by atoms with van der Waals surface area (Å²) >= 11 is 0.